The summed E-state index contributed by atoms with van der Waals surface area (Å²) in [6.07, 6.45) is 3.02. The molecule has 3 heteroatoms. The number of aromatic nitrogens is 1. The Hall–Kier alpha value is -1.74. The molecule has 0 aliphatic carbocycles. The van der Waals surface area contributed by atoms with E-state index >= 15 is 0 Å². The standard InChI is InChI=1S/C14H19N3/c1-17(10-8-14-3-2-9-16-14)11-12-4-6-13(15)7-5-12/h2-7,9,16H,8,10-11,15H2,1H3. The Labute approximate surface area is 102 Å². The van der Waals surface area contributed by atoms with E-state index in [2.05, 4.69) is 35.1 Å². The van der Waals surface area contributed by atoms with E-state index in [0.29, 0.717) is 0 Å². The number of hydrogen-bond donors (Lipinski definition) is 2. The summed E-state index contributed by atoms with van der Waals surface area (Å²) in [4.78, 5) is 5.53. The van der Waals surface area contributed by atoms with E-state index in [-0.39, 0.29) is 0 Å². The molecule has 1 heterocycles. The summed E-state index contributed by atoms with van der Waals surface area (Å²) < 4.78 is 0. The van der Waals surface area contributed by atoms with Gasteiger partial charge in [0.25, 0.3) is 0 Å². The van der Waals surface area contributed by atoms with Crippen LogP contribution in [0.25, 0.3) is 0 Å². The molecular weight excluding hydrogens is 210 g/mol. The van der Waals surface area contributed by atoms with E-state index in [1.165, 1.54) is 11.3 Å². The van der Waals surface area contributed by atoms with Gasteiger partial charge in [-0.3, -0.25) is 0 Å². The molecule has 0 radical (unpaired) electrons. The number of nitrogens with one attached hydrogen (secondary N) is 1. The van der Waals surface area contributed by atoms with Crippen molar-refractivity contribution in [2.75, 3.05) is 19.3 Å². The first-order valence-corrected chi connectivity index (χ1v) is 5.89. The minimum Gasteiger partial charge on any atom is -0.399 e. The van der Waals surface area contributed by atoms with Gasteiger partial charge in [-0.2, -0.15) is 0 Å². The zero-order chi connectivity index (χ0) is 12.1. The van der Waals surface area contributed by atoms with E-state index < -0.39 is 0 Å². The fraction of sp³-hybridized carbons (Fsp3) is 0.286. The maximum Gasteiger partial charge on any atom is 0.0314 e. The van der Waals surface area contributed by atoms with Crippen molar-refractivity contribution in [1.82, 2.24) is 9.88 Å². The van der Waals surface area contributed by atoms with Crippen molar-refractivity contribution in [3.63, 3.8) is 0 Å². The van der Waals surface area contributed by atoms with Crippen LogP contribution >= 0.6 is 0 Å². The van der Waals surface area contributed by atoms with Gasteiger partial charge >= 0.3 is 0 Å². The summed E-state index contributed by atoms with van der Waals surface area (Å²) in [5, 5.41) is 0. The summed E-state index contributed by atoms with van der Waals surface area (Å²) in [5.41, 5.74) is 9.07. The van der Waals surface area contributed by atoms with Gasteiger partial charge in [-0.05, 0) is 36.9 Å². The second-order valence-corrected chi connectivity index (χ2v) is 4.42. The highest BCUT2D eigenvalue weighted by Gasteiger charge is 2.01. The Kier molecular flexibility index (Phi) is 3.83. The lowest BCUT2D eigenvalue weighted by molar-refractivity contribution is 0.330. The van der Waals surface area contributed by atoms with Gasteiger partial charge in [0.1, 0.15) is 0 Å². The quantitative estimate of drug-likeness (QED) is 0.773. The SMILES string of the molecule is CN(CCc1ccc[nH]1)Cc1ccc(N)cc1. The molecule has 0 amide bonds. The topological polar surface area (TPSA) is 45.0 Å². The lowest BCUT2D eigenvalue weighted by atomic mass is 10.2. The van der Waals surface area contributed by atoms with Crippen LogP contribution in [0.4, 0.5) is 5.69 Å². The van der Waals surface area contributed by atoms with Crippen molar-refractivity contribution < 1.29 is 0 Å². The van der Waals surface area contributed by atoms with E-state index in [4.69, 9.17) is 5.73 Å². The van der Waals surface area contributed by atoms with Gasteiger partial charge in [0.2, 0.25) is 0 Å². The number of rotatable bonds is 5. The minimum absolute atomic E-state index is 0.822. The smallest absolute Gasteiger partial charge is 0.0314 e. The molecule has 0 atom stereocenters. The molecule has 0 bridgehead atoms. The Morgan fingerprint density at radius 3 is 2.59 bits per heavy atom. The fourth-order valence-electron chi connectivity index (χ4n) is 1.85. The van der Waals surface area contributed by atoms with Crippen LogP contribution in [0.15, 0.2) is 42.6 Å². The van der Waals surface area contributed by atoms with Crippen LogP contribution in [0.2, 0.25) is 0 Å². The molecule has 2 rings (SSSR count). The molecular formula is C14H19N3. The largest absolute Gasteiger partial charge is 0.399 e. The Bertz CT molecular complexity index is 431. The molecule has 0 saturated carbocycles. The molecule has 0 unspecified atom stereocenters. The number of nitrogen functional groups attached to an aromatic ring is 1. The Morgan fingerprint density at radius 1 is 1.18 bits per heavy atom. The van der Waals surface area contributed by atoms with Crippen LogP contribution in [0.3, 0.4) is 0 Å². The van der Waals surface area contributed by atoms with Crippen molar-refractivity contribution >= 4 is 5.69 Å². The zero-order valence-electron chi connectivity index (χ0n) is 10.2. The van der Waals surface area contributed by atoms with Crippen molar-refractivity contribution in [2.24, 2.45) is 0 Å². The maximum absolute atomic E-state index is 5.66. The number of anilines is 1. The van der Waals surface area contributed by atoms with Crippen LogP contribution in [0.5, 0.6) is 0 Å². The number of likely N-dealkylation sites (N-methyl/N-ethyl adjacent to an activating group) is 1. The number of aromatic amines is 1. The third kappa shape index (κ3) is 3.64. The summed E-state index contributed by atoms with van der Waals surface area (Å²) >= 11 is 0. The van der Waals surface area contributed by atoms with E-state index in [1.54, 1.807) is 0 Å². The molecule has 90 valence electrons. The van der Waals surface area contributed by atoms with Gasteiger partial charge in [0, 0.05) is 37.1 Å². The van der Waals surface area contributed by atoms with Crippen LogP contribution in [-0.4, -0.2) is 23.5 Å². The Morgan fingerprint density at radius 2 is 1.94 bits per heavy atom. The minimum atomic E-state index is 0.822. The van der Waals surface area contributed by atoms with Gasteiger partial charge in [0.15, 0.2) is 0 Å². The van der Waals surface area contributed by atoms with Crippen LogP contribution in [0.1, 0.15) is 11.3 Å². The molecule has 2 aromatic rings. The normalized spacial score (nSPS) is 10.9. The molecule has 0 fully saturated rings. The molecule has 0 aliphatic rings. The monoisotopic (exact) mass is 229 g/mol. The molecule has 17 heavy (non-hydrogen) atoms. The molecule has 1 aromatic carbocycles. The number of benzene rings is 1. The highest BCUT2D eigenvalue weighted by Crippen LogP contribution is 2.08. The van der Waals surface area contributed by atoms with Gasteiger partial charge < -0.3 is 15.6 Å². The highest BCUT2D eigenvalue weighted by atomic mass is 15.1. The Balaban J connectivity index is 1.80. The van der Waals surface area contributed by atoms with E-state index in [0.717, 1.165) is 25.2 Å². The number of H-pyrrole nitrogens is 1. The summed E-state index contributed by atoms with van der Waals surface area (Å²) in [7, 11) is 2.14. The predicted octanol–water partition coefficient (Wildman–Crippen LogP) is 2.27. The fourth-order valence-corrected chi connectivity index (χ4v) is 1.85. The van der Waals surface area contributed by atoms with Crippen molar-refractivity contribution in [1.29, 1.82) is 0 Å². The predicted molar refractivity (Wildman–Crippen MR) is 71.7 cm³/mol. The third-order valence-corrected chi connectivity index (χ3v) is 2.86. The van der Waals surface area contributed by atoms with Gasteiger partial charge in [-0.1, -0.05) is 12.1 Å². The number of nitrogens with zero attached hydrogens (tertiary/aromatic N) is 1. The summed E-state index contributed by atoms with van der Waals surface area (Å²) in [5.74, 6) is 0. The average Bonchev–Trinajstić information content (AvgIpc) is 2.83. The average molecular weight is 229 g/mol. The zero-order valence-corrected chi connectivity index (χ0v) is 10.2. The second-order valence-electron chi connectivity index (χ2n) is 4.42. The van der Waals surface area contributed by atoms with Crippen molar-refractivity contribution in [3.8, 4) is 0 Å². The lowest BCUT2D eigenvalue weighted by Gasteiger charge is -2.16. The number of hydrogen-bond acceptors (Lipinski definition) is 2. The maximum atomic E-state index is 5.66. The van der Waals surface area contributed by atoms with Crippen LogP contribution in [-0.2, 0) is 13.0 Å². The second kappa shape index (κ2) is 5.55. The molecule has 3 N–H and O–H groups in total. The lowest BCUT2D eigenvalue weighted by Crippen LogP contribution is -2.20. The first-order valence-electron chi connectivity index (χ1n) is 5.89. The van der Waals surface area contributed by atoms with Crippen LogP contribution < -0.4 is 5.73 Å². The van der Waals surface area contributed by atoms with Crippen molar-refractivity contribution in [3.05, 3.63) is 53.9 Å². The summed E-state index contributed by atoms with van der Waals surface area (Å²) in [6.45, 7) is 2.01. The van der Waals surface area contributed by atoms with Crippen LogP contribution in [0, 0.1) is 0 Å². The molecule has 0 saturated heterocycles. The number of nitrogens with two attached hydrogens (primary N) is 1. The first-order chi connectivity index (χ1) is 8.24. The summed E-state index contributed by atoms with van der Waals surface area (Å²) in [6, 6.07) is 12.2. The molecule has 0 aliphatic heterocycles. The van der Waals surface area contributed by atoms with Crippen molar-refractivity contribution in [2.45, 2.75) is 13.0 Å². The molecule has 0 spiro atoms. The van der Waals surface area contributed by atoms with Gasteiger partial charge in [-0.15, -0.1) is 0 Å². The van der Waals surface area contributed by atoms with E-state index in [1.807, 2.05) is 24.4 Å². The third-order valence-electron chi connectivity index (χ3n) is 2.86. The first kappa shape index (κ1) is 11.7. The van der Waals surface area contributed by atoms with Gasteiger partial charge in [-0.25, -0.2) is 0 Å². The van der Waals surface area contributed by atoms with E-state index in [9.17, 15) is 0 Å². The molecule has 3 nitrogen and oxygen atoms in total. The van der Waals surface area contributed by atoms with Gasteiger partial charge in [0.05, 0.1) is 0 Å². The highest BCUT2D eigenvalue weighted by molar-refractivity contribution is 5.39. The molecule has 1 aromatic heterocycles.